The Kier molecular flexibility index (Phi) is 5.86. The zero-order valence-corrected chi connectivity index (χ0v) is 12.8. The Morgan fingerprint density at radius 3 is 2.65 bits per heavy atom. The van der Waals surface area contributed by atoms with E-state index in [1.807, 2.05) is 0 Å². The number of nitrogens with zero attached hydrogens (tertiary/aromatic N) is 1. The van der Waals surface area contributed by atoms with E-state index < -0.39 is 0 Å². The molecule has 20 heavy (non-hydrogen) atoms. The number of para-hydroxylation sites is 1. The number of hydrogen-bond acceptors (Lipinski definition) is 3. The van der Waals surface area contributed by atoms with Crippen molar-refractivity contribution in [2.45, 2.75) is 38.6 Å². The molecule has 0 bridgehead atoms. The number of ether oxygens (including phenoxy) is 1. The first-order valence-corrected chi connectivity index (χ1v) is 7.82. The van der Waals surface area contributed by atoms with Gasteiger partial charge in [-0.15, -0.1) is 0 Å². The summed E-state index contributed by atoms with van der Waals surface area (Å²) in [5.74, 6) is 0.723. The van der Waals surface area contributed by atoms with Crippen LogP contribution in [0.2, 0.25) is 0 Å². The molecule has 2 rings (SSSR count). The Morgan fingerprint density at radius 1 is 1.30 bits per heavy atom. The van der Waals surface area contributed by atoms with E-state index in [-0.39, 0.29) is 6.04 Å². The van der Waals surface area contributed by atoms with Crippen LogP contribution in [0.5, 0.6) is 0 Å². The van der Waals surface area contributed by atoms with Gasteiger partial charge in [-0.1, -0.05) is 25.1 Å². The SMILES string of the molecule is CCC(N)Cc1ccccc1N1CCC(COC)CC1. The van der Waals surface area contributed by atoms with Gasteiger partial charge in [0.15, 0.2) is 0 Å². The van der Waals surface area contributed by atoms with Crippen molar-refractivity contribution in [3.05, 3.63) is 29.8 Å². The molecule has 3 nitrogen and oxygen atoms in total. The lowest BCUT2D eigenvalue weighted by Crippen LogP contribution is -2.36. The fourth-order valence-corrected chi connectivity index (χ4v) is 2.99. The van der Waals surface area contributed by atoms with Gasteiger partial charge >= 0.3 is 0 Å². The fourth-order valence-electron chi connectivity index (χ4n) is 2.99. The van der Waals surface area contributed by atoms with Crippen LogP contribution >= 0.6 is 0 Å². The molecule has 1 aliphatic heterocycles. The van der Waals surface area contributed by atoms with Gasteiger partial charge in [0.1, 0.15) is 0 Å². The van der Waals surface area contributed by atoms with Crippen molar-refractivity contribution in [2.24, 2.45) is 11.7 Å². The second kappa shape index (κ2) is 7.65. The Balaban J connectivity index is 2.02. The molecule has 0 amide bonds. The van der Waals surface area contributed by atoms with Gasteiger partial charge in [-0.25, -0.2) is 0 Å². The molecule has 1 fully saturated rings. The number of methoxy groups -OCH3 is 1. The third kappa shape index (κ3) is 3.97. The smallest absolute Gasteiger partial charge is 0.0491 e. The highest BCUT2D eigenvalue weighted by Crippen LogP contribution is 2.27. The summed E-state index contributed by atoms with van der Waals surface area (Å²) in [6.07, 6.45) is 4.46. The zero-order valence-electron chi connectivity index (χ0n) is 12.8. The van der Waals surface area contributed by atoms with Crippen molar-refractivity contribution in [1.29, 1.82) is 0 Å². The number of rotatable bonds is 6. The zero-order chi connectivity index (χ0) is 14.4. The second-order valence-electron chi connectivity index (χ2n) is 5.89. The number of hydrogen-bond donors (Lipinski definition) is 1. The average molecular weight is 276 g/mol. The topological polar surface area (TPSA) is 38.5 Å². The Labute approximate surface area is 123 Å². The Hall–Kier alpha value is -1.06. The highest BCUT2D eigenvalue weighted by Gasteiger charge is 2.21. The third-order valence-corrected chi connectivity index (χ3v) is 4.36. The molecule has 0 radical (unpaired) electrons. The van der Waals surface area contributed by atoms with E-state index in [2.05, 4.69) is 36.1 Å². The van der Waals surface area contributed by atoms with Crippen LogP contribution in [-0.4, -0.2) is 32.8 Å². The molecule has 0 spiro atoms. The molecule has 0 aromatic heterocycles. The first-order chi connectivity index (χ1) is 9.74. The van der Waals surface area contributed by atoms with Crippen LogP contribution in [0.4, 0.5) is 5.69 Å². The predicted octanol–water partition coefficient (Wildman–Crippen LogP) is 2.83. The number of benzene rings is 1. The lowest BCUT2D eigenvalue weighted by Gasteiger charge is -2.34. The normalized spacial score (nSPS) is 18.2. The lowest BCUT2D eigenvalue weighted by atomic mass is 9.95. The Bertz CT molecular complexity index is 400. The molecular weight excluding hydrogens is 248 g/mol. The largest absolute Gasteiger partial charge is 0.384 e. The molecule has 0 saturated carbocycles. The quantitative estimate of drug-likeness (QED) is 0.868. The van der Waals surface area contributed by atoms with E-state index in [0.29, 0.717) is 0 Å². The summed E-state index contributed by atoms with van der Waals surface area (Å²) in [5, 5.41) is 0. The van der Waals surface area contributed by atoms with Gasteiger partial charge in [-0.2, -0.15) is 0 Å². The van der Waals surface area contributed by atoms with E-state index in [9.17, 15) is 0 Å². The maximum absolute atomic E-state index is 6.13. The first-order valence-electron chi connectivity index (χ1n) is 7.82. The molecule has 3 heteroatoms. The van der Waals surface area contributed by atoms with Crippen LogP contribution in [0.15, 0.2) is 24.3 Å². The van der Waals surface area contributed by atoms with Crippen molar-refractivity contribution in [3.63, 3.8) is 0 Å². The molecule has 1 aromatic carbocycles. The van der Waals surface area contributed by atoms with Crippen LogP contribution in [0.3, 0.4) is 0 Å². The summed E-state index contributed by atoms with van der Waals surface area (Å²) in [6.45, 7) is 5.32. The summed E-state index contributed by atoms with van der Waals surface area (Å²) < 4.78 is 5.28. The Morgan fingerprint density at radius 2 is 2.00 bits per heavy atom. The highest BCUT2D eigenvalue weighted by atomic mass is 16.5. The van der Waals surface area contributed by atoms with Crippen molar-refractivity contribution >= 4 is 5.69 Å². The summed E-state index contributed by atoms with van der Waals surface area (Å²) >= 11 is 0. The maximum atomic E-state index is 6.13. The second-order valence-corrected chi connectivity index (χ2v) is 5.89. The summed E-state index contributed by atoms with van der Waals surface area (Å²) in [6, 6.07) is 9.00. The summed E-state index contributed by atoms with van der Waals surface area (Å²) in [5.41, 5.74) is 8.91. The summed E-state index contributed by atoms with van der Waals surface area (Å²) in [7, 11) is 1.80. The van der Waals surface area contributed by atoms with E-state index in [0.717, 1.165) is 38.5 Å². The average Bonchev–Trinajstić information content (AvgIpc) is 2.49. The van der Waals surface area contributed by atoms with Gasteiger partial charge in [0, 0.05) is 38.5 Å². The molecule has 0 aliphatic carbocycles. The molecule has 1 aliphatic rings. The van der Waals surface area contributed by atoms with Crippen molar-refractivity contribution in [3.8, 4) is 0 Å². The molecular formula is C17H28N2O. The highest BCUT2D eigenvalue weighted by molar-refractivity contribution is 5.54. The standard InChI is InChI=1S/C17H28N2O/c1-3-16(18)12-15-6-4-5-7-17(15)19-10-8-14(9-11-19)13-20-2/h4-7,14,16H,3,8-13,18H2,1-2H3. The number of anilines is 1. The van der Waals surface area contributed by atoms with Gasteiger partial charge < -0.3 is 15.4 Å². The maximum Gasteiger partial charge on any atom is 0.0491 e. The minimum Gasteiger partial charge on any atom is -0.384 e. The molecule has 112 valence electrons. The van der Waals surface area contributed by atoms with E-state index in [1.165, 1.54) is 24.1 Å². The van der Waals surface area contributed by atoms with Gasteiger partial charge in [-0.05, 0) is 43.2 Å². The fraction of sp³-hybridized carbons (Fsp3) is 0.647. The molecule has 1 heterocycles. The molecule has 2 N–H and O–H groups in total. The van der Waals surface area contributed by atoms with Crippen LogP contribution in [0.25, 0.3) is 0 Å². The van der Waals surface area contributed by atoms with Crippen LogP contribution in [0, 0.1) is 5.92 Å². The van der Waals surface area contributed by atoms with E-state index in [4.69, 9.17) is 10.5 Å². The summed E-state index contributed by atoms with van der Waals surface area (Å²) in [4.78, 5) is 2.52. The first kappa shape index (κ1) is 15.3. The molecule has 1 unspecified atom stereocenters. The van der Waals surface area contributed by atoms with Crippen molar-refractivity contribution in [2.75, 3.05) is 31.7 Å². The lowest BCUT2D eigenvalue weighted by molar-refractivity contribution is 0.139. The van der Waals surface area contributed by atoms with E-state index in [1.54, 1.807) is 7.11 Å². The van der Waals surface area contributed by atoms with Gasteiger partial charge in [-0.3, -0.25) is 0 Å². The minimum atomic E-state index is 0.266. The number of piperidine rings is 1. The van der Waals surface area contributed by atoms with Gasteiger partial charge in [0.05, 0.1) is 0 Å². The predicted molar refractivity (Wildman–Crippen MR) is 85.2 cm³/mol. The van der Waals surface area contributed by atoms with Crippen molar-refractivity contribution < 1.29 is 4.74 Å². The van der Waals surface area contributed by atoms with Gasteiger partial charge in [0.25, 0.3) is 0 Å². The monoisotopic (exact) mass is 276 g/mol. The minimum absolute atomic E-state index is 0.266. The van der Waals surface area contributed by atoms with Crippen LogP contribution in [-0.2, 0) is 11.2 Å². The molecule has 1 saturated heterocycles. The van der Waals surface area contributed by atoms with Crippen LogP contribution in [0.1, 0.15) is 31.7 Å². The van der Waals surface area contributed by atoms with Gasteiger partial charge in [0.2, 0.25) is 0 Å². The molecule has 1 aromatic rings. The van der Waals surface area contributed by atoms with Crippen molar-refractivity contribution in [1.82, 2.24) is 0 Å². The van der Waals surface area contributed by atoms with E-state index >= 15 is 0 Å². The number of nitrogens with two attached hydrogens (primary N) is 1. The molecule has 1 atom stereocenters. The van der Waals surface area contributed by atoms with Crippen LogP contribution < -0.4 is 10.6 Å². The third-order valence-electron chi connectivity index (χ3n) is 4.36.